The van der Waals surface area contributed by atoms with E-state index in [2.05, 4.69) is 4.98 Å². The van der Waals surface area contributed by atoms with Crippen molar-refractivity contribution in [3.63, 3.8) is 0 Å². The summed E-state index contributed by atoms with van der Waals surface area (Å²) in [5.74, 6) is 0.186. The van der Waals surface area contributed by atoms with Gasteiger partial charge in [-0.2, -0.15) is 0 Å². The van der Waals surface area contributed by atoms with Crippen LogP contribution in [-0.2, 0) is 11.2 Å². The molecule has 4 heteroatoms. The minimum Gasteiger partial charge on any atom is -0.311 e. The van der Waals surface area contributed by atoms with Crippen molar-refractivity contribution in [2.24, 2.45) is 0 Å². The average Bonchev–Trinajstić information content (AvgIpc) is 2.60. The van der Waals surface area contributed by atoms with Crippen LogP contribution in [0.5, 0.6) is 0 Å². The summed E-state index contributed by atoms with van der Waals surface area (Å²) in [6.07, 6.45) is 3.27. The SMILES string of the molecule is O=C1CC=C2c3ccc(Cl)nc3CCN12. The van der Waals surface area contributed by atoms with Gasteiger partial charge in [-0.05, 0) is 12.1 Å². The Bertz CT molecular complexity index is 481. The minimum atomic E-state index is 0.186. The number of nitrogens with zero attached hydrogens (tertiary/aromatic N) is 2. The first-order valence-corrected chi connectivity index (χ1v) is 5.30. The van der Waals surface area contributed by atoms with Gasteiger partial charge in [0.2, 0.25) is 5.91 Å². The number of rotatable bonds is 0. The van der Waals surface area contributed by atoms with Crippen LogP contribution in [0.1, 0.15) is 17.7 Å². The predicted molar refractivity (Wildman–Crippen MR) is 57.3 cm³/mol. The van der Waals surface area contributed by atoms with Crippen molar-refractivity contribution < 1.29 is 4.79 Å². The number of hydrogen-bond acceptors (Lipinski definition) is 2. The summed E-state index contributed by atoms with van der Waals surface area (Å²) in [5, 5.41) is 0.520. The molecular formula is C11H9ClN2O. The van der Waals surface area contributed by atoms with Crippen LogP contribution in [0, 0.1) is 0 Å². The Labute approximate surface area is 92.4 Å². The lowest BCUT2D eigenvalue weighted by Crippen LogP contribution is -2.31. The maximum absolute atomic E-state index is 11.5. The maximum atomic E-state index is 11.5. The molecule has 2 aliphatic heterocycles. The van der Waals surface area contributed by atoms with Crippen molar-refractivity contribution in [2.45, 2.75) is 12.8 Å². The first kappa shape index (κ1) is 8.92. The molecule has 3 nitrogen and oxygen atoms in total. The van der Waals surface area contributed by atoms with E-state index in [-0.39, 0.29) is 5.91 Å². The number of halogens is 1. The molecule has 0 aliphatic carbocycles. The Balaban J connectivity index is 2.13. The molecule has 0 bridgehead atoms. The number of pyridine rings is 1. The number of fused-ring (bicyclic) bond motifs is 3. The van der Waals surface area contributed by atoms with Crippen LogP contribution >= 0.6 is 11.6 Å². The third kappa shape index (κ3) is 1.27. The van der Waals surface area contributed by atoms with Gasteiger partial charge < -0.3 is 4.90 Å². The zero-order chi connectivity index (χ0) is 10.4. The molecule has 1 amide bonds. The van der Waals surface area contributed by atoms with E-state index < -0.39 is 0 Å². The molecule has 15 heavy (non-hydrogen) atoms. The molecule has 0 saturated carbocycles. The molecule has 0 atom stereocenters. The predicted octanol–water partition coefficient (Wildman–Crippen LogP) is 1.86. The third-order valence-corrected chi connectivity index (χ3v) is 3.06. The standard InChI is InChI=1S/C11H9ClN2O/c12-10-3-1-7-8(13-10)5-6-14-9(7)2-4-11(14)15/h1-3H,4-6H2. The molecule has 0 N–H and O–H groups in total. The van der Waals surface area contributed by atoms with Crippen molar-refractivity contribution >= 4 is 23.2 Å². The van der Waals surface area contributed by atoms with Crippen LogP contribution < -0.4 is 0 Å². The smallest absolute Gasteiger partial charge is 0.230 e. The molecule has 0 unspecified atom stereocenters. The van der Waals surface area contributed by atoms with Gasteiger partial charge in [-0.25, -0.2) is 4.98 Å². The van der Waals surface area contributed by atoms with Gasteiger partial charge in [0.05, 0.1) is 5.69 Å². The monoisotopic (exact) mass is 220 g/mol. The van der Waals surface area contributed by atoms with Crippen LogP contribution in [0.3, 0.4) is 0 Å². The van der Waals surface area contributed by atoms with Gasteiger partial charge in [0.1, 0.15) is 5.15 Å². The molecule has 1 aromatic rings. The van der Waals surface area contributed by atoms with Gasteiger partial charge >= 0.3 is 0 Å². The summed E-state index contributed by atoms with van der Waals surface area (Å²) in [7, 11) is 0. The van der Waals surface area contributed by atoms with E-state index in [0.717, 1.165) is 29.9 Å². The van der Waals surface area contributed by atoms with Gasteiger partial charge in [-0.1, -0.05) is 17.7 Å². The van der Waals surface area contributed by atoms with Crippen LogP contribution in [0.15, 0.2) is 18.2 Å². The first-order chi connectivity index (χ1) is 7.25. The van der Waals surface area contributed by atoms with E-state index in [4.69, 9.17) is 11.6 Å². The quantitative estimate of drug-likeness (QED) is 0.626. The van der Waals surface area contributed by atoms with E-state index in [9.17, 15) is 4.79 Å². The molecular weight excluding hydrogens is 212 g/mol. The van der Waals surface area contributed by atoms with E-state index in [1.165, 1.54) is 0 Å². The highest BCUT2D eigenvalue weighted by molar-refractivity contribution is 6.29. The molecule has 0 fully saturated rings. The van der Waals surface area contributed by atoms with E-state index in [1.807, 2.05) is 17.0 Å². The molecule has 3 heterocycles. The van der Waals surface area contributed by atoms with Crippen LogP contribution in [-0.4, -0.2) is 22.3 Å². The van der Waals surface area contributed by atoms with Crippen molar-refractivity contribution in [3.05, 3.63) is 34.6 Å². The lowest BCUT2D eigenvalue weighted by molar-refractivity contribution is -0.126. The van der Waals surface area contributed by atoms with Crippen molar-refractivity contribution in [1.29, 1.82) is 0 Å². The molecule has 1 aromatic heterocycles. The number of carbonyl (C=O) groups is 1. The van der Waals surface area contributed by atoms with E-state index >= 15 is 0 Å². The van der Waals surface area contributed by atoms with E-state index in [1.54, 1.807) is 6.07 Å². The fourth-order valence-electron chi connectivity index (χ4n) is 2.16. The fraction of sp³-hybridized carbons (Fsp3) is 0.273. The summed E-state index contributed by atoms with van der Waals surface area (Å²) >= 11 is 5.84. The van der Waals surface area contributed by atoms with Gasteiger partial charge in [0.15, 0.2) is 0 Å². The Morgan fingerprint density at radius 1 is 1.40 bits per heavy atom. The highest BCUT2D eigenvalue weighted by atomic mass is 35.5. The van der Waals surface area contributed by atoms with Crippen LogP contribution in [0.4, 0.5) is 0 Å². The topological polar surface area (TPSA) is 33.2 Å². The van der Waals surface area contributed by atoms with Gasteiger partial charge in [-0.3, -0.25) is 4.79 Å². The summed E-state index contributed by atoms with van der Waals surface area (Å²) in [4.78, 5) is 17.6. The summed E-state index contributed by atoms with van der Waals surface area (Å²) in [6, 6.07) is 3.72. The van der Waals surface area contributed by atoms with E-state index in [0.29, 0.717) is 11.6 Å². The fourth-order valence-corrected chi connectivity index (χ4v) is 2.32. The van der Waals surface area contributed by atoms with Crippen molar-refractivity contribution in [2.75, 3.05) is 6.54 Å². The number of aromatic nitrogens is 1. The molecule has 0 spiro atoms. The molecule has 0 aromatic carbocycles. The Morgan fingerprint density at radius 2 is 2.27 bits per heavy atom. The lowest BCUT2D eigenvalue weighted by Gasteiger charge is -2.27. The van der Waals surface area contributed by atoms with Crippen LogP contribution in [0.25, 0.3) is 5.70 Å². The van der Waals surface area contributed by atoms with Gasteiger partial charge in [0, 0.05) is 30.6 Å². The Morgan fingerprint density at radius 3 is 3.13 bits per heavy atom. The second-order valence-corrected chi connectivity index (χ2v) is 4.10. The van der Waals surface area contributed by atoms with Crippen molar-refractivity contribution in [1.82, 2.24) is 9.88 Å². The molecule has 2 aliphatic rings. The number of hydrogen-bond donors (Lipinski definition) is 0. The highest BCUT2D eigenvalue weighted by Gasteiger charge is 2.30. The minimum absolute atomic E-state index is 0.186. The maximum Gasteiger partial charge on any atom is 0.230 e. The normalized spacial score (nSPS) is 18.6. The number of amides is 1. The zero-order valence-corrected chi connectivity index (χ0v) is 8.79. The Kier molecular flexibility index (Phi) is 1.83. The second kappa shape index (κ2) is 3.07. The second-order valence-electron chi connectivity index (χ2n) is 3.72. The summed E-state index contributed by atoms with van der Waals surface area (Å²) in [5.41, 5.74) is 3.06. The lowest BCUT2D eigenvalue weighted by atomic mass is 10.0. The average molecular weight is 221 g/mol. The summed E-state index contributed by atoms with van der Waals surface area (Å²) < 4.78 is 0. The molecule has 0 saturated heterocycles. The molecule has 76 valence electrons. The largest absolute Gasteiger partial charge is 0.311 e. The molecule has 0 radical (unpaired) electrons. The van der Waals surface area contributed by atoms with Crippen molar-refractivity contribution in [3.8, 4) is 0 Å². The van der Waals surface area contributed by atoms with Gasteiger partial charge in [0.25, 0.3) is 0 Å². The van der Waals surface area contributed by atoms with Gasteiger partial charge in [-0.15, -0.1) is 0 Å². The zero-order valence-electron chi connectivity index (χ0n) is 8.03. The Hall–Kier alpha value is -1.35. The third-order valence-electron chi connectivity index (χ3n) is 2.85. The summed E-state index contributed by atoms with van der Waals surface area (Å²) in [6.45, 7) is 0.727. The molecule has 3 rings (SSSR count). The number of carbonyl (C=O) groups excluding carboxylic acids is 1. The first-order valence-electron chi connectivity index (χ1n) is 4.92. The highest BCUT2D eigenvalue weighted by Crippen LogP contribution is 2.32. The van der Waals surface area contributed by atoms with Crippen LogP contribution in [0.2, 0.25) is 5.15 Å².